The fraction of sp³-hybridized carbons (Fsp3) is 0.615. The van der Waals surface area contributed by atoms with E-state index in [9.17, 15) is 9.59 Å². The molecule has 0 aliphatic rings. The number of carbonyl (C=O) groups excluding carboxylic acids is 1. The first kappa shape index (κ1) is 15.6. The minimum absolute atomic E-state index is 0.228. The predicted octanol–water partition coefficient (Wildman–Crippen LogP) is 2.28. The van der Waals surface area contributed by atoms with Crippen molar-refractivity contribution in [2.45, 2.75) is 33.6 Å². The van der Waals surface area contributed by atoms with Gasteiger partial charge in [-0.05, 0) is 18.8 Å². The lowest BCUT2D eigenvalue weighted by Gasteiger charge is -2.21. The Labute approximate surface area is 117 Å². The second-order valence-corrected chi connectivity index (χ2v) is 5.96. The molecule has 1 N–H and O–H groups in total. The summed E-state index contributed by atoms with van der Waals surface area (Å²) in [5.41, 5.74) is 0. The molecule has 0 unspecified atom stereocenters. The number of carbonyl (C=O) groups is 2. The van der Waals surface area contributed by atoms with E-state index in [1.165, 1.54) is 16.2 Å². The Bertz CT molecular complexity index is 443. The Balaban J connectivity index is 2.81. The monoisotopic (exact) mass is 284 g/mol. The van der Waals surface area contributed by atoms with Gasteiger partial charge in [-0.2, -0.15) is 0 Å². The summed E-state index contributed by atoms with van der Waals surface area (Å²) < 4.78 is 0. The van der Waals surface area contributed by atoms with Crippen molar-refractivity contribution in [1.82, 2.24) is 9.88 Å². The molecule has 6 heteroatoms. The number of hydrogen-bond donors (Lipinski definition) is 1. The van der Waals surface area contributed by atoms with E-state index < -0.39 is 5.97 Å². The molecule has 0 spiro atoms. The number of carboxylic acids is 1. The summed E-state index contributed by atoms with van der Waals surface area (Å²) in [6, 6.07) is 0. The van der Waals surface area contributed by atoms with Crippen LogP contribution in [-0.4, -0.2) is 40.0 Å². The van der Waals surface area contributed by atoms with Crippen LogP contribution in [-0.2, 0) is 11.2 Å². The molecule has 5 nitrogen and oxygen atoms in total. The zero-order chi connectivity index (χ0) is 14.4. The van der Waals surface area contributed by atoms with Crippen molar-refractivity contribution >= 4 is 23.2 Å². The van der Waals surface area contributed by atoms with Crippen molar-refractivity contribution in [3.05, 3.63) is 16.1 Å². The largest absolute Gasteiger partial charge is 0.480 e. The first-order chi connectivity index (χ1) is 8.93. The number of aromatic nitrogens is 1. The van der Waals surface area contributed by atoms with Crippen LogP contribution in [0.1, 0.15) is 41.9 Å². The summed E-state index contributed by atoms with van der Waals surface area (Å²) in [5.74, 6) is -1.01. The van der Waals surface area contributed by atoms with Crippen LogP contribution in [0.15, 0.2) is 6.20 Å². The summed E-state index contributed by atoms with van der Waals surface area (Å²) in [5, 5.41) is 9.80. The normalized spacial score (nSPS) is 10.7. The standard InChI is InChI=1S/C13H20N2O3S/c1-4-5-11-14-6-10(19-11)13(18)15(7-9(2)3)8-12(16)17/h6,9H,4-5,7-8H2,1-3H3,(H,16,17). The first-order valence-corrected chi connectivity index (χ1v) is 7.21. The molecular formula is C13H20N2O3S. The Morgan fingerprint density at radius 3 is 2.68 bits per heavy atom. The van der Waals surface area contributed by atoms with Crippen LogP contribution in [0.4, 0.5) is 0 Å². The molecule has 1 rings (SSSR count). The van der Waals surface area contributed by atoms with E-state index >= 15 is 0 Å². The molecule has 0 radical (unpaired) electrons. The lowest BCUT2D eigenvalue weighted by atomic mass is 10.2. The third kappa shape index (κ3) is 4.98. The number of nitrogens with zero attached hydrogens (tertiary/aromatic N) is 2. The van der Waals surface area contributed by atoms with Gasteiger partial charge in [0.05, 0.1) is 11.2 Å². The number of thiazole rings is 1. The van der Waals surface area contributed by atoms with E-state index in [2.05, 4.69) is 11.9 Å². The van der Waals surface area contributed by atoms with Gasteiger partial charge in [0.25, 0.3) is 5.91 Å². The van der Waals surface area contributed by atoms with E-state index in [1.54, 1.807) is 6.20 Å². The first-order valence-electron chi connectivity index (χ1n) is 6.39. The van der Waals surface area contributed by atoms with E-state index in [0.717, 1.165) is 17.8 Å². The third-order valence-electron chi connectivity index (χ3n) is 2.43. The number of rotatable bonds is 7. The number of amides is 1. The van der Waals surface area contributed by atoms with Gasteiger partial charge in [0.1, 0.15) is 11.4 Å². The molecule has 106 valence electrons. The molecule has 0 aromatic carbocycles. The van der Waals surface area contributed by atoms with Gasteiger partial charge < -0.3 is 10.0 Å². The summed E-state index contributed by atoms with van der Waals surface area (Å²) in [4.78, 5) is 29.2. The van der Waals surface area contributed by atoms with Crippen molar-refractivity contribution in [2.24, 2.45) is 5.92 Å². The highest BCUT2D eigenvalue weighted by atomic mass is 32.1. The minimum Gasteiger partial charge on any atom is -0.480 e. The third-order valence-corrected chi connectivity index (χ3v) is 3.47. The van der Waals surface area contributed by atoms with Gasteiger partial charge >= 0.3 is 5.97 Å². The van der Waals surface area contributed by atoms with Gasteiger partial charge in [-0.1, -0.05) is 20.8 Å². The van der Waals surface area contributed by atoms with Crippen LogP contribution < -0.4 is 0 Å². The molecule has 1 aromatic heterocycles. The maximum Gasteiger partial charge on any atom is 0.323 e. The van der Waals surface area contributed by atoms with Crippen LogP contribution in [0.5, 0.6) is 0 Å². The summed E-state index contributed by atoms with van der Waals surface area (Å²) in [7, 11) is 0. The summed E-state index contributed by atoms with van der Waals surface area (Å²) >= 11 is 1.35. The lowest BCUT2D eigenvalue weighted by Crippen LogP contribution is -2.37. The Kier molecular flexibility index (Phi) is 5.95. The number of carboxylic acid groups (broad SMARTS) is 1. The molecule has 0 saturated heterocycles. The Hall–Kier alpha value is -1.43. The van der Waals surface area contributed by atoms with E-state index in [-0.39, 0.29) is 18.4 Å². The SMILES string of the molecule is CCCc1ncc(C(=O)N(CC(=O)O)CC(C)C)s1. The maximum atomic E-state index is 12.3. The summed E-state index contributed by atoms with van der Waals surface area (Å²) in [6.45, 7) is 6.14. The molecule has 1 amide bonds. The molecule has 1 aromatic rings. The van der Waals surface area contributed by atoms with Gasteiger partial charge in [-0.3, -0.25) is 9.59 Å². The van der Waals surface area contributed by atoms with Crippen molar-refractivity contribution in [3.63, 3.8) is 0 Å². The van der Waals surface area contributed by atoms with E-state index in [1.807, 2.05) is 13.8 Å². The molecule has 0 fully saturated rings. The number of hydrogen-bond acceptors (Lipinski definition) is 4. The van der Waals surface area contributed by atoms with Crippen LogP contribution in [0, 0.1) is 5.92 Å². The Morgan fingerprint density at radius 2 is 2.16 bits per heavy atom. The molecule has 0 atom stereocenters. The molecule has 0 saturated carbocycles. The number of aliphatic carboxylic acids is 1. The average Bonchev–Trinajstić information content (AvgIpc) is 2.75. The van der Waals surface area contributed by atoms with Crippen molar-refractivity contribution in [2.75, 3.05) is 13.1 Å². The molecule has 0 bridgehead atoms. The quantitative estimate of drug-likeness (QED) is 0.834. The predicted molar refractivity (Wildman–Crippen MR) is 74.5 cm³/mol. The highest BCUT2D eigenvalue weighted by molar-refractivity contribution is 7.13. The highest BCUT2D eigenvalue weighted by Crippen LogP contribution is 2.17. The van der Waals surface area contributed by atoms with Crippen LogP contribution in [0.25, 0.3) is 0 Å². The number of aryl methyl sites for hydroxylation is 1. The highest BCUT2D eigenvalue weighted by Gasteiger charge is 2.21. The molecule has 0 aliphatic heterocycles. The smallest absolute Gasteiger partial charge is 0.323 e. The second-order valence-electron chi connectivity index (χ2n) is 4.84. The molecule has 19 heavy (non-hydrogen) atoms. The fourth-order valence-corrected chi connectivity index (χ4v) is 2.70. The molecular weight excluding hydrogens is 264 g/mol. The van der Waals surface area contributed by atoms with Gasteiger partial charge in [0.15, 0.2) is 0 Å². The van der Waals surface area contributed by atoms with Gasteiger partial charge in [0, 0.05) is 6.54 Å². The van der Waals surface area contributed by atoms with Crippen LogP contribution >= 0.6 is 11.3 Å². The van der Waals surface area contributed by atoms with Gasteiger partial charge in [0.2, 0.25) is 0 Å². The van der Waals surface area contributed by atoms with Crippen molar-refractivity contribution < 1.29 is 14.7 Å². The average molecular weight is 284 g/mol. The van der Waals surface area contributed by atoms with Crippen molar-refractivity contribution in [3.8, 4) is 0 Å². The van der Waals surface area contributed by atoms with Gasteiger partial charge in [-0.15, -0.1) is 11.3 Å². The van der Waals surface area contributed by atoms with E-state index in [0.29, 0.717) is 11.4 Å². The Morgan fingerprint density at radius 1 is 1.47 bits per heavy atom. The minimum atomic E-state index is -0.993. The lowest BCUT2D eigenvalue weighted by molar-refractivity contribution is -0.137. The van der Waals surface area contributed by atoms with Crippen LogP contribution in [0.3, 0.4) is 0 Å². The van der Waals surface area contributed by atoms with Crippen LogP contribution in [0.2, 0.25) is 0 Å². The molecule has 0 aliphatic carbocycles. The van der Waals surface area contributed by atoms with E-state index in [4.69, 9.17) is 5.11 Å². The second kappa shape index (κ2) is 7.23. The molecule has 1 heterocycles. The topological polar surface area (TPSA) is 70.5 Å². The zero-order valence-electron chi connectivity index (χ0n) is 11.5. The van der Waals surface area contributed by atoms with Gasteiger partial charge in [-0.25, -0.2) is 4.98 Å². The fourth-order valence-electron chi connectivity index (χ4n) is 1.72. The summed E-state index contributed by atoms with van der Waals surface area (Å²) in [6.07, 6.45) is 3.38. The van der Waals surface area contributed by atoms with Crippen molar-refractivity contribution in [1.29, 1.82) is 0 Å². The maximum absolute atomic E-state index is 12.3. The zero-order valence-corrected chi connectivity index (χ0v) is 12.4.